The largest absolute Gasteiger partial charge is 0.462 e. The van der Waals surface area contributed by atoms with Gasteiger partial charge in [-0.2, -0.15) is 0 Å². The summed E-state index contributed by atoms with van der Waals surface area (Å²) in [7, 11) is -4.08. The van der Waals surface area contributed by atoms with E-state index in [-0.39, 0.29) is 37.8 Å². The second kappa shape index (κ2) is 10.4. The molecule has 0 aliphatic heterocycles. The van der Waals surface area contributed by atoms with Gasteiger partial charge in [-0.25, -0.2) is 13.2 Å². The number of benzene rings is 3. The average Bonchev–Trinajstić information content (AvgIpc) is 2.75. The number of nitrogens with one attached hydrogen (secondary N) is 2. The number of hydrogen-bond donors (Lipinski definition) is 2. The van der Waals surface area contributed by atoms with Crippen molar-refractivity contribution in [2.75, 3.05) is 16.6 Å². The first-order valence-corrected chi connectivity index (χ1v) is 12.1. The minimum Gasteiger partial charge on any atom is -0.462 e. The van der Waals surface area contributed by atoms with Crippen LogP contribution in [-0.2, 0) is 14.8 Å². The maximum absolute atomic E-state index is 12.7. The van der Waals surface area contributed by atoms with Crippen LogP contribution in [0, 0.1) is 0 Å². The number of ether oxygens (including phenoxy) is 1. The van der Waals surface area contributed by atoms with Crippen LogP contribution in [0.5, 0.6) is 0 Å². The van der Waals surface area contributed by atoms with Gasteiger partial charge in [0.1, 0.15) is 0 Å². The van der Waals surface area contributed by atoms with Crippen molar-refractivity contribution in [3.63, 3.8) is 0 Å². The van der Waals surface area contributed by atoms with Crippen molar-refractivity contribution < 1.29 is 22.7 Å². The van der Waals surface area contributed by atoms with E-state index in [0.29, 0.717) is 11.3 Å². The SMILES string of the molecule is CCOC(=O)c1ccc(NC(=O)c2ccc(Cl)c(NS(=O)(=O)c3cc(Cl)cc(Cl)c3)c2)cc1. The normalized spacial score (nSPS) is 11.0. The van der Waals surface area contributed by atoms with Crippen LogP contribution < -0.4 is 10.0 Å². The molecule has 172 valence electrons. The Bertz CT molecular complexity index is 1290. The number of carbonyl (C=O) groups is 2. The van der Waals surface area contributed by atoms with Gasteiger partial charge in [0.2, 0.25) is 0 Å². The Labute approximate surface area is 205 Å². The van der Waals surface area contributed by atoms with Gasteiger partial charge in [0.05, 0.1) is 27.8 Å². The third-order valence-electron chi connectivity index (χ3n) is 4.27. The zero-order valence-electron chi connectivity index (χ0n) is 17.1. The molecule has 0 bridgehead atoms. The molecule has 0 atom stereocenters. The van der Waals surface area contributed by atoms with E-state index in [4.69, 9.17) is 39.5 Å². The summed E-state index contributed by atoms with van der Waals surface area (Å²) in [6, 6.07) is 14.1. The lowest BCUT2D eigenvalue weighted by Gasteiger charge is -2.12. The number of halogens is 3. The molecule has 3 aromatic carbocycles. The van der Waals surface area contributed by atoms with Gasteiger partial charge in [-0.15, -0.1) is 0 Å². The topological polar surface area (TPSA) is 102 Å². The molecular weight excluding hydrogens is 511 g/mol. The van der Waals surface area contributed by atoms with E-state index >= 15 is 0 Å². The lowest BCUT2D eigenvalue weighted by Crippen LogP contribution is -2.15. The number of carbonyl (C=O) groups excluding carboxylic acids is 2. The molecule has 0 fully saturated rings. The van der Waals surface area contributed by atoms with Crippen LogP contribution in [0.4, 0.5) is 11.4 Å². The third-order valence-corrected chi connectivity index (χ3v) is 6.38. The second-order valence-electron chi connectivity index (χ2n) is 6.66. The van der Waals surface area contributed by atoms with Crippen LogP contribution in [-0.4, -0.2) is 26.9 Å². The highest BCUT2D eigenvalue weighted by Gasteiger charge is 2.19. The van der Waals surface area contributed by atoms with E-state index in [1.807, 2.05) is 0 Å². The Kier molecular flexibility index (Phi) is 7.86. The van der Waals surface area contributed by atoms with Gasteiger partial charge in [0.15, 0.2) is 0 Å². The molecule has 2 N–H and O–H groups in total. The van der Waals surface area contributed by atoms with Crippen LogP contribution >= 0.6 is 34.8 Å². The predicted molar refractivity (Wildman–Crippen MR) is 129 cm³/mol. The van der Waals surface area contributed by atoms with E-state index in [2.05, 4.69) is 10.0 Å². The molecule has 0 aromatic heterocycles. The van der Waals surface area contributed by atoms with Crippen molar-refractivity contribution in [3.05, 3.63) is 86.9 Å². The first kappa shape index (κ1) is 24.9. The van der Waals surface area contributed by atoms with E-state index < -0.39 is 21.9 Å². The third kappa shape index (κ3) is 6.39. The highest BCUT2D eigenvalue weighted by molar-refractivity contribution is 7.92. The number of hydrogen-bond acceptors (Lipinski definition) is 5. The molecule has 33 heavy (non-hydrogen) atoms. The van der Waals surface area contributed by atoms with Crippen molar-refractivity contribution in [2.45, 2.75) is 11.8 Å². The minimum atomic E-state index is -4.08. The maximum Gasteiger partial charge on any atom is 0.338 e. The van der Waals surface area contributed by atoms with Gasteiger partial charge in [0.25, 0.3) is 15.9 Å². The fourth-order valence-corrected chi connectivity index (χ4v) is 4.76. The predicted octanol–water partition coefficient (Wildman–Crippen LogP) is 5.88. The van der Waals surface area contributed by atoms with Crippen LogP contribution in [0.15, 0.2) is 65.6 Å². The summed E-state index contributed by atoms with van der Waals surface area (Å²) in [6.45, 7) is 1.96. The molecule has 0 saturated carbocycles. The lowest BCUT2D eigenvalue weighted by atomic mass is 10.1. The van der Waals surface area contributed by atoms with Gasteiger partial charge in [-0.1, -0.05) is 34.8 Å². The van der Waals surface area contributed by atoms with Crippen molar-refractivity contribution in [1.29, 1.82) is 0 Å². The number of esters is 1. The smallest absolute Gasteiger partial charge is 0.338 e. The maximum atomic E-state index is 12.7. The second-order valence-corrected chi connectivity index (χ2v) is 9.62. The summed E-state index contributed by atoms with van der Waals surface area (Å²) < 4.78 is 32.7. The summed E-state index contributed by atoms with van der Waals surface area (Å²) in [5.74, 6) is -0.979. The Morgan fingerprint density at radius 3 is 2.09 bits per heavy atom. The molecule has 0 saturated heterocycles. The molecule has 0 aliphatic rings. The molecule has 3 aromatic rings. The van der Waals surface area contributed by atoms with Crippen LogP contribution in [0.2, 0.25) is 15.1 Å². The minimum absolute atomic E-state index is 0.00178. The summed E-state index contributed by atoms with van der Waals surface area (Å²) in [4.78, 5) is 24.2. The van der Waals surface area contributed by atoms with E-state index in [0.717, 1.165) is 0 Å². The Balaban J connectivity index is 1.79. The standard InChI is InChI=1S/C22H17Cl3N2O5S/c1-2-32-22(29)13-3-6-17(7-4-13)26-21(28)14-5-8-19(25)20(9-14)27-33(30,31)18-11-15(23)10-16(24)12-18/h3-12,27H,2H2,1H3,(H,26,28). The molecule has 0 radical (unpaired) electrons. The van der Waals surface area contributed by atoms with Gasteiger partial charge < -0.3 is 10.1 Å². The quantitative estimate of drug-likeness (QED) is 0.374. The molecule has 0 unspecified atom stereocenters. The zero-order valence-corrected chi connectivity index (χ0v) is 20.1. The molecule has 0 spiro atoms. The first-order chi connectivity index (χ1) is 15.6. The van der Waals surface area contributed by atoms with E-state index in [1.54, 1.807) is 19.1 Å². The van der Waals surface area contributed by atoms with Crippen LogP contribution in [0.3, 0.4) is 0 Å². The number of amides is 1. The molecule has 7 nitrogen and oxygen atoms in total. The highest BCUT2D eigenvalue weighted by Crippen LogP contribution is 2.28. The molecular formula is C22H17Cl3N2O5S. The zero-order chi connectivity index (χ0) is 24.2. The fraction of sp³-hybridized carbons (Fsp3) is 0.0909. The number of anilines is 2. The number of rotatable bonds is 7. The molecule has 0 heterocycles. The Hall–Kier alpha value is -2.78. The molecule has 1 amide bonds. The first-order valence-electron chi connectivity index (χ1n) is 9.46. The van der Waals surface area contributed by atoms with Gasteiger partial charge in [0, 0.05) is 21.3 Å². The Morgan fingerprint density at radius 1 is 0.879 bits per heavy atom. The summed E-state index contributed by atoms with van der Waals surface area (Å²) in [6.07, 6.45) is 0. The van der Waals surface area contributed by atoms with Crippen molar-refractivity contribution >= 4 is 68.1 Å². The number of sulfonamides is 1. The van der Waals surface area contributed by atoms with Gasteiger partial charge >= 0.3 is 5.97 Å². The van der Waals surface area contributed by atoms with Crippen molar-refractivity contribution in [3.8, 4) is 0 Å². The van der Waals surface area contributed by atoms with Gasteiger partial charge in [-0.3, -0.25) is 9.52 Å². The fourth-order valence-electron chi connectivity index (χ4n) is 2.74. The molecule has 0 aliphatic carbocycles. The van der Waals surface area contributed by atoms with Crippen LogP contribution in [0.1, 0.15) is 27.6 Å². The molecule has 11 heteroatoms. The molecule has 3 rings (SSSR count). The average molecular weight is 528 g/mol. The Morgan fingerprint density at radius 2 is 1.48 bits per heavy atom. The van der Waals surface area contributed by atoms with Crippen LogP contribution in [0.25, 0.3) is 0 Å². The van der Waals surface area contributed by atoms with E-state index in [1.165, 1.54) is 48.5 Å². The van der Waals surface area contributed by atoms with E-state index in [9.17, 15) is 18.0 Å². The monoisotopic (exact) mass is 526 g/mol. The summed E-state index contributed by atoms with van der Waals surface area (Å²) in [5, 5.41) is 3.05. The lowest BCUT2D eigenvalue weighted by molar-refractivity contribution is 0.0526. The van der Waals surface area contributed by atoms with Crippen molar-refractivity contribution in [2.24, 2.45) is 0 Å². The highest BCUT2D eigenvalue weighted by atomic mass is 35.5. The van der Waals surface area contributed by atoms with Gasteiger partial charge in [-0.05, 0) is 67.6 Å². The summed E-state index contributed by atoms with van der Waals surface area (Å²) in [5.41, 5.74) is 0.923. The summed E-state index contributed by atoms with van der Waals surface area (Å²) >= 11 is 17.9. The van der Waals surface area contributed by atoms with Crippen molar-refractivity contribution in [1.82, 2.24) is 0 Å².